The van der Waals surface area contributed by atoms with E-state index in [0.29, 0.717) is 77.5 Å². The molecule has 0 radical (unpaired) electrons. The van der Waals surface area contributed by atoms with E-state index >= 15 is 0 Å². The molecule has 0 aliphatic carbocycles. The number of carbonyl (C=O) groups excluding carboxylic acids is 1. The van der Waals surface area contributed by atoms with Crippen LogP contribution in [0.25, 0.3) is 22.0 Å². The van der Waals surface area contributed by atoms with Gasteiger partial charge in [-0.2, -0.15) is 0 Å². The fourth-order valence-electron chi connectivity index (χ4n) is 7.87. The molecule has 6 aromatic rings. The van der Waals surface area contributed by atoms with E-state index in [1.807, 2.05) is 36.4 Å². The Morgan fingerprint density at radius 2 is 1.63 bits per heavy atom. The highest BCUT2D eigenvalue weighted by molar-refractivity contribution is 6.31. The monoisotopic (exact) mass is 861 g/mol. The van der Waals surface area contributed by atoms with E-state index < -0.39 is 5.82 Å². The molecule has 1 saturated heterocycles. The van der Waals surface area contributed by atoms with Gasteiger partial charge < -0.3 is 34.3 Å². The van der Waals surface area contributed by atoms with Crippen molar-refractivity contribution in [1.82, 2.24) is 20.2 Å². The number of amides is 1. The minimum Gasteiger partial charge on any atom is -0.496 e. The zero-order chi connectivity index (χ0) is 43.4. The number of carbonyl (C=O) groups is 1. The smallest absolute Gasteiger partial charge is 0.237 e. The van der Waals surface area contributed by atoms with Crippen LogP contribution in [0.4, 0.5) is 15.9 Å². The van der Waals surface area contributed by atoms with E-state index in [9.17, 15) is 9.18 Å². The van der Waals surface area contributed by atoms with E-state index in [1.54, 1.807) is 33.5 Å². The number of likely N-dealkylation sites (tertiary alicyclic amines) is 1. The van der Waals surface area contributed by atoms with Gasteiger partial charge in [0.05, 0.1) is 50.1 Å². The Bertz CT molecular complexity index is 2450. The van der Waals surface area contributed by atoms with Gasteiger partial charge >= 0.3 is 0 Å². The number of aromatic nitrogens is 2. The summed E-state index contributed by atoms with van der Waals surface area (Å²) in [4.78, 5) is 24.6. The maximum Gasteiger partial charge on any atom is 0.237 e. The van der Waals surface area contributed by atoms with E-state index in [-0.39, 0.29) is 17.0 Å². The Hall–Kier alpha value is -6.11. The van der Waals surface area contributed by atoms with Gasteiger partial charge in [-0.1, -0.05) is 66.6 Å². The number of fused-ring (bicyclic) bond motifs is 1. The molecular weight excluding hydrogens is 809 g/mol. The topological polar surface area (TPSA) is 116 Å². The van der Waals surface area contributed by atoms with Gasteiger partial charge in [-0.05, 0) is 92.1 Å². The molecule has 2 heterocycles. The fourth-order valence-corrected chi connectivity index (χ4v) is 8.05. The minimum absolute atomic E-state index is 0.00789. The van der Waals surface area contributed by atoms with Gasteiger partial charge in [-0.25, -0.2) is 14.4 Å². The van der Waals surface area contributed by atoms with Crippen LogP contribution in [0.5, 0.6) is 28.7 Å². The van der Waals surface area contributed by atoms with E-state index in [0.717, 1.165) is 56.2 Å². The standard InChI is InChI=1S/C49H53ClFN5O6/c1-32-34(16-13-17-37(32)33-14-7-5-8-15-33)30-62-36-25-44(58-2)39(45(26-36)59-3)29-56-22-11-9-18-43(56)49(57)52-21-10-6-12-23-61-47-27-38-42(28-46(47)60-4)53-31-54-48(38)55-35-19-20-41(51)40(50)24-35/h5,7-8,13-17,19-20,24-28,31,43H,6,9-12,18,21-23,29-30H2,1-4H3,(H,52,57)(H,53,54,55). The molecule has 1 aliphatic rings. The van der Waals surface area contributed by atoms with Gasteiger partial charge in [0.1, 0.15) is 41.8 Å². The second-order valence-corrected chi connectivity index (χ2v) is 15.6. The molecule has 2 N–H and O–H groups in total. The molecule has 0 bridgehead atoms. The van der Waals surface area contributed by atoms with Gasteiger partial charge in [0.15, 0.2) is 11.5 Å². The summed E-state index contributed by atoms with van der Waals surface area (Å²) in [5, 5.41) is 7.10. The van der Waals surface area contributed by atoms with Gasteiger partial charge in [0, 0.05) is 42.4 Å². The summed E-state index contributed by atoms with van der Waals surface area (Å²) >= 11 is 5.99. The van der Waals surface area contributed by atoms with Crippen molar-refractivity contribution in [3.05, 3.63) is 125 Å². The second-order valence-electron chi connectivity index (χ2n) is 15.2. The molecule has 7 rings (SSSR count). The molecule has 62 heavy (non-hydrogen) atoms. The maximum atomic E-state index is 13.7. The maximum absolute atomic E-state index is 13.7. The van der Waals surface area contributed by atoms with Crippen LogP contribution in [0, 0.1) is 12.7 Å². The average Bonchev–Trinajstić information content (AvgIpc) is 3.30. The Balaban J connectivity index is 0.909. The van der Waals surface area contributed by atoms with Crippen molar-refractivity contribution in [3.8, 4) is 39.9 Å². The molecule has 1 fully saturated rings. The van der Waals surface area contributed by atoms with Gasteiger partial charge in [0.2, 0.25) is 5.91 Å². The van der Waals surface area contributed by atoms with Gasteiger partial charge in [0.25, 0.3) is 0 Å². The fraction of sp³-hybridized carbons (Fsp3) is 0.327. The Kier molecular flexibility index (Phi) is 15.0. The SMILES string of the molecule is COc1cc2ncnc(Nc3ccc(F)c(Cl)c3)c2cc1OCCCCCNC(=O)C1CCCCN1Cc1c(OC)cc(OCc2cccc(-c3ccccc3)c2C)cc1OC. The highest BCUT2D eigenvalue weighted by Gasteiger charge is 2.30. The number of hydrogen-bond acceptors (Lipinski definition) is 10. The van der Waals surface area contributed by atoms with Crippen molar-refractivity contribution < 1.29 is 32.9 Å². The number of piperidine rings is 1. The first-order valence-corrected chi connectivity index (χ1v) is 21.3. The number of anilines is 2. The van der Waals surface area contributed by atoms with Crippen molar-refractivity contribution in [2.75, 3.05) is 46.3 Å². The van der Waals surface area contributed by atoms with E-state index in [1.165, 1.54) is 35.2 Å². The molecule has 1 unspecified atom stereocenters. The number of nitrogens with one attached hydrogen (secondary N) is 2. The van der Waals surface area contributed by atoms with Crippen LogP contribution in [0.3, 0.4) is 0 Å². The number of unbranched alkanes of at least 4 members (excludes halogenated alkanes) is 2. The minimum atomic E-state index is -0.501. The largest absolute Gasteiger partial charge is 0.496 e. The normalized spacial score (nSPS) is 14.0. The van der Waals surface area contributed by atoms with Crippen molar-refractivity contribution in [1.29, 1.82) is 0 Å². The van der Waals surface area contributed by atoms with Crippen LogP contribution >= 0.6 is 11.6 Å². The summed E-state index contributed by atoms with van der Waals surface area (Å²) in [5.41, 5.74) is 6.74. The molecular formula is C49H53ClFN5O6. The number of rotatable bonds is 19. The quantitative estimate of drug-likeness (QED) is 0.0763. The molecule has 13 heteroatoms. The molecule has 1 aromatic heterocycles. The van der Waals surface area contributed by atoms with Gasteiger partial charge in [-0.3, -0.25) is 9.69 Å². The first kappa shape index (κ1) is 44.0. The third-order valence-electron chi connectivity index (χ3n) is 11.3. The first-order chi connectivity index (χ1) is 30.3. The average molecular weight is 862 g/mol. The van der Waals surface area contributed by atoms with Crippen LogP contribution in [0.2, 0.25) is 5.02 Å². The highest BCUT2D eigenvalue weighted by atomic mass is 35.5. The number of nitrogens with zero attached hydrogens (tertiary/aromatic N) is 3. The summed E-state index contributed by atoms with van der Waals surface area (Å²) in [7, 11) is 4.88. The molecule has 1 atom stereocenters. The zero-order valence-electron chi connectivity index (χ0n) is 35.6. The van der Waals surface area contributed by atoms with Crippen LogP contribution in [0.15, 0.2) is 97.3 Å². The number of hydrogen-bond donors (Lipinski definition) is 2. The Morgan fingerprint density at radius 3 is 2.39 bits per heavy atom. The molecule has 5 aromatic carbocycles. The summed E-state index contributed by atoms with van der Waals surface area (Å²) in [5.74, 6) is 3.11. The number of methoxy groups -OCH3 is 3. The lowest BCUT2D eigenvalue weighted by atomic mass is 9.97. The molecule has 324 valence electrons. The Labute approximate surface area is 367 Å². The summed E-state index contributed by atoms with van der Waals surface area (Å²) in [6.07, 6.45) is 6.65. The summed E-state index contributed by atoms with van der Waals surface area (Å²) in [6.45, 7) is 4.83. The molecule has 1 amide bonds. The van der Waals surface area contributed by atoms with Crippen LogP contribution in [-0.2, 0) is 17.9 Å². The Morgan fingerprint density at radius 1 is 0.839 bits per heavy atom. The highest BCUT2D eigenvalue weighted by Crippen LogP contribution is 2.38. The van der Waals surface area contributed by atoms with Crippen LogP contribution in [-0.4, -0.2) is 67.8 Å². The van der Waals surface area contributed by atoms with Crippen molar-refractivity contribution >= 4 is 39.9 Å². The van der Waals surface area contributed by atoms with Crippen LogP contribution < -0.4 is 34.3 Å². The molecule has 11 nitrogen and oxygen atoms in total. The molecule has 0 spiro atoms. The molecule has 1 aliphatic heterocycles. The number of ether oxygens (including phenoxy) is 5. The third-order valence-corrected chi connectivity index (χ3v) is 11.6. The van der Waals surface area contributed by atoms with Gasteiger partial charge in [-0.15, -0.1) is 0 Å². The lowest BCUT2D eigenvalue weighted by molar-refractivity contribution is -0.127. The van der Waals surface area contributed by atoms with Crippen molar-refractivity contribution in [3.63, 3.8) is 0 Å². The number of halogens is 2. The van der Waals surface area contributed by atoms with E-state index in [4.69, 9.17) is 35.3 Å². The zero-order valence-corrected chi connectivity index (χ0v) is 36.4. The summed E-state index contributed by atoms with van der Waals surface area (Å²) in [6, 6.07) is 28.2. The predicted molar refractivity (Wildman–Crippen MR) is 242 cm³/mol. The third kappa shape index (κ3) is 10.7. The number of benzene rings is 5. The summed E-state index contributed by atoms with van der Waals surface area (Å²) < 4.78 is 43.6. The predicted octanol–water partition coefficient (Wildman–Crippen LogP) is 10.5. The first-order valence-electron chi connectivity index (χ1n) is 21.0. The van der Waals surface area contributed by atoms with E-state index in [2.05, 4.69) is 62.8 Å². The lowest BCUT2D eigenvalue weighted by Crippen LogP contribution is -2.49. The van der Waals surface area contributed by atoms with Crippen LogP contribution in [0.1, 0.15) is 55.2 Å². The lowest BCUT2D eigenvalue weighted by Gasteiger charge is -2.35. The second kappa shape index (κ2) is 21.1. The molecule has 0 saturated carbocycles. The van der Waals surface area contributed by atoms with Crippen molar-refractivity contribution in [2.24, 2.45) is 0 Å². The van der Waals surface area contributed by atoms with Crippen molar-refractivity contribution in [2.45, 2.75) is 64.6 Å².